The molecule has 0 atom stereocenters. The molecule has 2 heteroatoms. The molecule has 0 spiro atoms. The van der Waals surface area contributed by atoms with E-state index in [1.807, 2.05) is 0 Å². The summed E-state index contributed by atoms with van der Waals surface area (Å²) in [6.07, 6.45) is 0. The fourth-order valence-corrected chi connectivity index (χ4v) is 0.636. The smallest absolute Gasteiger partial charge is 0.0110 e. The molecule has 0 unspecified atom stereocenters. The third-order valence-electron chi connectivity index (χ3n) is 1.40. The molecule has 2 nitrogen and oxygen atoms in total. The van der Waals surface area contributed by atoms with Gasteiger partial charge in [-0.3, -0.25) is 4.90 Å². The third kappa shape index (κ3) is 2.28. The molecule has 1 aliphatic heterocycles. The largest absolute Gasteiger partial charge is 0.308 e. The standard InChI is InChI=1S/C6H14N2/c1-7(2)3-4-8-5-6-8/h3-6H2,1-2H3. The first kappa shape index (κ1) is 6.05. The maximum atomic E-state index is 2.43. The van der Waals surface area contributed by atoms with Crippen LogP contribution in [0.25, 0.3) is 0 Å². The minimum Gasteiger partial charge on any atom is -0.308 e. The summed E-state index contributed by atoms with van der Waals surface area (Å²) in [5.41, 5.74) is 0. The first-order chi connectivity index (χ1) is 3.79. The summed E-state index contributed by atoms with van der Waals surface area (Å²) in [6.45, 7) is 5.12. The summed E-state index contributed by atoms with van der Waals surface area (Å²) in [5, 5.41) is 0. The first-order valence-electron chi connectivity index (χ1n) is 3.16. The molecule has 1 saturated heterocycles. The van der Waals surface area contributed by atoms with Gasteiger partial charge in [-0.15, -0.1) is 0 Å². The second kappa shape index (κ2) is 2.46. The predicted octanol–water partition coefficient (Wildman–Crippen LogP) is -0.136. The van der Waals surface area contributed by atoms with E-state index >= 15 is 0 Å². The summed E-state index contributed by atoms with van der Waals surface area (Å²) in [4.78, 5) is 4.65. The molecule has 0 aliphatic carbocycles. The van der Waals surface area contributed by atoms with Crippen LogP contribution in [0.4, 0.5) is 0 Å². The second-order valence-electron chi connectivity index (χ2n) is 2.64. The summed E-state index contributed by atoms with van der Waals surface area (Å²) < 4.78 is 0. The topological polar surface area (TPSA) is 6.25 Å². The van der Waals surface area contributed by atoms with Crippen molar-refractivity contribution in [1.82, 2.24) is 9.80 Å². The van der Waals surface area contributed by atoms with Crippen molar-refractivity contribution in [2.24, 2.45) is 0 Å². The quantitative estimate of drug-likeness (QED) is 0.471. The van der Waals surface area contributed by atoms with E-state index in [-0.39, 0.29) is 0 Å². The lowest BCUT2D eigenvalue weighted by atomic mass is 10.6. The zero-order valence-corrected chi connectivity index (χ0v) is 5.72. The van der Waals surface area contributed by atoms with Crippen molar-refractivity contribution in [3.8, 4) is 0 Å². The highest BCUT2D eigenvalue weighted by Gasteiger charge is 2.15. The Morgan fingerprint density at radius 1 is 1.38 bits per heavy atom. The van der Waals surface area contributed by atoms with Crippen molar-refractivity contribution in [1.29, 1.82) is 0 Å². The van der Waals surface area contributed by atoms with E-state index in [2.05, 4.69) is 23.9 Å². The maximum absolute atomic E-state index is 2.43. The Labute approximate surface area is 51.1 Å². The molecule has 0 aromatic heterocycles. The summed E-state index contributed by atoms with van der Waals surface area (Å²) >= 11 is 0. The van der Waals surface area contributed by atoms with Gasteiger partial charge in [-0.05, 0) is 14.1 Å². The van der Waals surface area contributed by atoms with Crippen LogP contribution in [0.15, 0.2) is 0 Å². The van der Waals surface area contributed by atoms with E-state index in [1.165, 1.54) is 26.2 Å². The Bertz CT molecular complexity index is 64.9. The summed E-state index contributed by atoms with van der Waals surface area (Å²) in [5.74, 6) is 0. The maximum Gasteiger partial charge on any atom is 0.0110 e. The van der Waals surface area contributed by atoms with Gasteiger partial charge in [0, 0.05) is 26.2 Å². The fourth-order valence-electron chi connectivity index (χ4n) is 0.636. The number of likely N-dealkylation sites (N-methyl/N-ethyl adjacent to an activating group) is 1. The lowest BCUT2D eigenvalue weighted by Crippen LogP contribution is -2.20. The van der Waals surface area contributed by atoms with Crippen molar-refractivity contribution >= 4 is 0 Å². The molecule has 1 aliphatic rings. The van der Waals surface area contributed by atoms with E-state index in [9.17, 15) is 0 Å². The molecule has 8 heavy (non-hydrogen) atoms. The molecule has 0 amide bonds. The molecule has 1 fully saturated rings. The van der Waals surface area contributed by atoms with Crippen molar-refractivity contribution in [2.45, 2.75) is 0 Å². The summed E-state index contributed by atoms with van der Waals surface area (Å²) in [6, 6.07) is 0. The molecule has 0 saturated carbocycles. The van der Waals surface area contributed by atoms with Gasteiger partial charge in [0.15, 0.2) is 0 Å². The molecule has 0 bridgehead atoms. The summed E-state index contributed by atoms with van der Waals surface area (Å²) in [7, 11) is 4.23. The van der Waals surface area contributed by atoms with Gasteiger partial charge < -0.3 is 4.90 Å². The van der Waals surface area contributed by atoms with Gasteiger partial charge >= 0.3 is 0 Å². The van der Waals surface area contributed by atoms with Gasteiger partial charge in [0.2, 0.25) is 0 Å². The highest BCUT2D eigenvalue weighted by atomic mass is 15.3. The lowest BCUT2D eigenvalue weighted by molar-refractivity contribution is 0.369. The number of hydrogen-bond donors (Lipinski definition) is 0. The fraction of sp³-hybridized carbons (Fsp3) is 1.00. The second-order valence-corrected chi connectivity index (χ2v) is 2.64. The zero-order valence-electron chi connectivity index (χ0n) is 5.72. The van der Waals surface area contributed by atoms with Crippen LogP contribution >= 0.6 is 0 Å². The minimum absolute atomic E-state index is 1.21. The highest BCUT2D eigenvalue weighted by Crippen LogP contribution is 2.00. The van der Waals surface area contributed by atoms with Crippen LogP contribution < -0.4 is 0 Å². The SMILES string of the molecule is CN(C)CCN1CC1. The van der Waals surface area contributed by atoms with Crippen molar-refractivity contribution in [3.05, 3.63) is 0 Å². The van der Waals surface area contributed by atoms with Crippen LogP contribution in [0.5, 0.6) is 0 Å². The van der Waals surface area contributed by atoms with Gasteiger partial charge in [0.05, 0.1) is 0 Å². The molecule has 48 valence electrons. The predicted molar refractivity (Wildman–Crippen MR) is 35.0 cm³/mol. The Kier molecular flexibility index (Phi) is 1.86. The molecular formula is C6H14N2. The van der Waals surface area contributed by atoms with Gasteiger partial charge in [-0.25, -0.2) is 0 Å². The molecule has 0 radical (unpaired) electrons. The van der Waals surface area contributed by atoms with E-state index in [0.717, 1.165) is 0 Å². The minimum atomic E-state index is 1.21. The van der Waals surface area contributed by atoms with Crippen LogP contribution in [-0.2, 0) is 0 Å². The first-order valence-corrected chi connectivity index (χ1v) is 3.16. The Balaban J connectivity index is 1.87. The van der Waals surface area contributed by atoms with Crippen LogP contribution in [0.2, 0.25) is 0 Å². The molecule has 1 rings (SSSR count). The number of hydrogen-bond acceptors (Lipinski definition) is 2. The van der Waals surface area contributed by atoms with E-state index in [0.29, 0.717) is 0 Å². The highest BCUT2D eigenvalue weighted by molar-refractivity contribution is 4.72. The van der Waals surface area contributed by atoms with Gasteiger partial charge in [0.25, 0.3) is 0 Å². The van der Waals surface area contributed by atoms with E-state index in [4.69, 9.17) is 0 Å². The van der Waals surface area contributed by atoms with Crippen LogP contribution in [0, 0.1) is 0 Å². The molecule has 0 aromatic carbocycles. The van der Waals surface area contributed by atoms with Crippen LogP contribution in [0.1, 0.15) is 0 Å². The molecule has 0 aromatic rings. The normalized spacial score (nSPS) is 19.9. The monoisotopic (exact) mass is 114 g/mol. The van der Waals surface area contributed by atoms with Crippen molar-refractivity contribution < 1.29 is 0 Å². The van der Waals surface area contributed by atoms with E-state index < -0.39 is 0 Å². The van der Waals surface area contributed by atoms with Gasteiger partial charge in [-0.1, -0.05) is 0 Å². The van der Waals surface area contributed by atoms with Gasteiger partial charge in [0.1, 0.15) is 0 Å². The van der Waals surface area contributed by atoms with Crippen LogP contribution in [-0.4, -0.2) is 50.1 Å². The molecule has 1 heterocycles. The van der Waals surface area contributed by atoms with E-state index in [1.54, 1.807) is 0 Å². The zero-order chi connectivity index (χ0) is 5.98. The van der Waals surface area contributed by atoms with Crippen molar-refractivity contribution in [2.75, 3.05) is 40.3 Å². The average Bonchev–Trinajstić information content (AvgIpc) is 2.41. The Morgan fingerprint density at radius 3 is 2.38 bits per heavy atom. The number of nitrogens with zero attached hydrogens (tertiary/aromatic N) is 2. The molecule has 0 N–H and O–H groups in total. The van der Waals surface area contributed by atoms with Crippen LogP contribution in [0.3, 0.4) is 0 Å². The Hall–Kier alpha value is -0.0800. The van der Waals surface area contributed by atoms with Gasteiger partial charge in [-0.2, -0.15) is 0 Å². The Morgan fingerprint density at radius 2 is 2.00 bits per heavy atom. The number of rotatable bonds is 3. The van der Waals surface area contributed by atoms with Crippen molar-refractivity contribution in [3.63, 3.8) is 0 Å². The third-order valence-corrected chi connectivity index (χ3v) is 1.40. The lowest BCUT2D eigenvalue weighted by Gasteiger charge is -2.07. The average molecular weight is 114 g/mol. The molecular weight excluding hydrogens is 100 g/mol.